The van der Waals surface area contributed by atoms with Crippen LogP contribution in [-0.2, 0) is 0 Å². The quantitative estimate of drug-likeness (QED) is 0.793. The lowest BCUT2D eigenvalue weighted by Gasteiger charge is -2.54. The SMILES string of the molecule is N#Cc1c(C2C3CC4CC(C3)CC2C4)[nH][nH]c1=O. The predicted octanol–water partition coefficient (Wildman–Crippen LogP) is 2.11. The summed E-state index contributed by atoms with van der Waals surface area (Å²) in [4.78, 5) is 11.6. The highest BCUT2D eigenvalue weighted by atomic mass is 16.1. The Kier molecular flexibility index (Phi) is 2.03. The van der Waals surface area contributed by atoms with E-state index < -0.39 is 0 Å². The van der Waals surface area contributed by atoms with Gasteiger partial charge in [0.25, 0.3) is 5.56 Å². The molecule has 1 heterocycles. The molecule has 94 valence electrons. The molecule has 0 aromatic carbocycles. The van der Waals surface area contributed by atoms with Crippen LogP contribution in [0.3, 0.4) is 0 Å². The van der Waals surface area contributed by atoms with E-state index in [2.05, 4.69) is 16.3 Å². The number of H-pyrrole nitrogens is 2. The van der Waals surface area contributed by atoms with Gasteiger partial charge in [0.15, 0.2) is 0 Å². The fourth-order valence-electron chi connectivity index (χ4n) is 5.13. The standard InChI is InChI=1S/C14H17N3O/c15-6-11-13(16-17-14(11)18)12-9-2-7-1-8(4-9)5-10(12)3-7/h7-10,12H,1-5H2,(H2,16,17,18). The van der Waals surface area contributed by atoms with Gasteiger partial charge in [-0.05, 0) is 55.8 Å². The normalized spacial score (nSPS) is 40.9. The zero-order valence-corrected chi connectivity index (χ0v) is 10.3. The van der Waals surface area contributed by atoms with Crippen molar-refractivity contribution in [3.05, 3.63) is 21.6 Å². The number of aromatic nitrogens is 2. The molecule has 4 heteroatoms. The average molecular weight is 243 g/mol. The molecule has 4 aliphatic carbocycles. The number of nitriles is 1. The highest BCUT2D eigenvalue weighted by molar-refractivity contribution is 5.34. The van der Waals surface area contributed by atoms with Gasteiger partial charge in [-0.3, -0.25) is 9.89 Å². The molecule has 4 fully saturated rings. The first kappa shape index (κ1) is 10.4. The van der Waals surface area contributed by atoms with Crippen LogP contribution in [0.1, 0.15) is 49.3 Å². The van der Waals surface area contributed by atoms with Gasteiger partial charge in [-0.15, -0.1) is 0 Å². The van der Waals surface area contributed by atoms with Gasteiger partial charge >= 0.3 is 0 Å². The minimum atomic E-state index is -0.249. The van der Waals surface area contributed by atoms with E-state index in [1.807, 2.05) is 0 Å². The van der Waals surface area contributed by atoms with E-state index in [9.17, 15) is 4.79 Å². The Bertz CT molecular complexity index is 549. The van der Waals surface area contributed by atoms with Crippen molar-refractivity contribution in [1.82, 2.24) is 10.2 Å². The highest BCUT2D eigenvalue weighted by Gasteiger charge is 2.49. The second-order valence-corrected chi connectivity index (χ2v) is 6.44. The van der Waals surface area contributed by atoms with E-state index in [-0.39, 0.29) is 5.56 Å². The molecule has 5 rings (SSSR count). The van der Waals surface area contributed by atoms with Crippen molar-refractivity contribution in [1.29, 1.82) is 5.26 Å². The summed E-state index contributed by atoms with van der Waals surface area (Å²) >= 11 is 0. The molecule has 2 N–H and O–H groups in total. The largest absolute Gasteiger partial charge is 0.301 e. The summed E-state index contributed by atoms with van der Waals surface area (Å²) in [6.45, 7) is 0. The molecule has 0 amide bonds. The van der Waals surface area contributed by atoms with Crippen LogP contribution in [0.2, 0.25) is 0 Å². The molecule has 0 unspecified atom stereocenters. The lowest BCUT2D eigenvalue weighted by molar-refractivity contribution is -0.00425. The fraction of sp³-hybridized carbons (Fsp3) is 0.714. The summed E-state index contributed by atoms with van der Waals surface area (Å²) in [6.07, 6.45) is 6.63. The molecule has 4 aliphatic rings. The van der Waals surface area contributed by atoms with Crippen LogP contribution >= 0.6 is 0 Å². The highest BCUT2D eigenvalue weighted by Crippen LogP contribution is 2.59. The maximum Gasteiger partial charge on any atom is 0.282 e. The summed E-state index contributed by atoms with van der Waals surface area (Å²) in [5.74, 6) is 3.64. The van der Waals surface area contributed by atoms with E-state index in [1.54, 1.807) is 0 Å². The predicted molar refractivity (Wildman–Crippen MR) is 65.9 cm³/mol. The van der Waals surface area contributed by atoms with E-state index in [1.165, 1.54) is 32.1 Å². The molecule has 0 atom stereocenters. The molecule has 18 heavy (non-hydrogen) atoms. The summed E-state index contributed by atoms with van der Waals surface area (Å²) in [5, 5.41) is 14.7. The van der Waals surface area contributed by atoms with Crippen LogP contribution in [0.4, 0.5) is 0 Å². The zero-order chi connectivity index (χ0) is 12.3. The molecule has 0 saturated heterocycles. The third-order valence-electron chi connectivity index (χ3n) is 5.48. The van der Waals surface area contributed by atoms with Crippen molar-refractivity contribution in [2.45, 2.75) is 38.0 Å². The Hall–Kier alpha value is -1.50. The van der Waals surface area contributed by atoms with Crippen molar-refractivity contribution < 1.29 is 0 Å². The summed E-state index contributed by atoms with van der Waals surface area (Å²) < 4.78 is 0. The van der Waals surface area contributed by atoms with Crippen LogP contribution in [0, 0.1) is 35.0 Å². The monoisotopic (exact) mass is 243 g/mol. The number of nitrogens with zero attached hydrogens (tertiary/aromatic N) is 1. The van der Waals surface area contributed by atoms with E-state index in [4.69, 9.17) is 5.26 Å². The number of rotatable bonds is 1. The Labute approximate surface area is 105 Å². The molecule has 4 nitrogen and oxygen atoms in total. The Morgan fingerprint density at radius 1 is 1.00 bits per heavy atom. The van der Waals surface area contributed by atoms with E-state index in [0.717, 1.165) is 17.5 Å². The minimum absolute atomic E-state index is 0.249. The first-order valence-corrected chi connectivity index (χ1v) is 6.97. The first-order chi connectivity index (χ1) is 8.76. The Balaban J connectivity index is 1.77. The Morgan fingerprint density at radius 2 is 1.61 bits per heavy atom. The molecule has 4 bridgehead atoms. The van der Waals surface area contributed by atoms with Crippen LogP contribution < -0.4 is 5.56 Å². The van der Waals surface area contributed by atoms with Gasteiger partial charge in [0.1, 0.15) is 11.6 Å². The minimum Gasteiger partial charge on any atom is -0.301 e. The van der Waals surface area contributed by atoms with Crippen molar-refractivity contribution >= 4 is 0 Å². The smallest absolute Gasteiger partial charge is 0.282 e. The molecule has 0 aliphatic heterocycles. The number of aromatic amines is 2. The van der Waals surface area contributed by atoms with Gasteiger partial charge in [0, 0.05) is 5.92 Å². The van der Waals surface area contributed by atoms with Gasteiger partial charge in [-0.2, -0.15) is 5.26 Å². The summed E-state index contributed by atoms with van der Waals surface area (Å²) in [5.41, 5.74) is 0.977. The maximum atomic E-state index is 11.6. The topological polar surface area (TPSA) is 72.4 Å². The molecule has 0 radical (unpaired) electrons. The van der Waals surface area contributed by atoms with Gasteiger partial charge in [-0.1, -0.05) is 0 Å². The average Bonchev–Trinajstić information content (AvgIpc) is 2.69. The van der Waals surface area contributed by atoms with E-state index >= 15 is 0 Å². The lowest BCUT2D eigenvalue weighted by Crippen LogP contribution is -2.44. The molecular weight excluding hydrogens is 226 g/mol. The number of nitrogens with one attached hydrogen (secondary N) is 2. The Morgan fingerprint density at radius 3 is 2.17 bits per heavy atom. The molecular formula is C14H17N3O. The third kappa shape index (κ3) is 1.28. The molecule has 1 aromatic heterocycles. The lowest BCUT2D eigenvalue weighted by atomic mass is 9.51. The van der Waals surface area contributed by atoms with Gasteiger partial charge < -0.3 is 5.10 Å². The van der Waals surface area contributed by atoms with Crippen LogP contribution in [0.15, 0.2) is 4.79 Å². The maximum absolute atomic E-state index is 11.6. The molecule has 1 aromatic rings. The van der Waals surface area contributed by atoms with Gasteiger partial charge in [0.05, 0.1) is 5.69 Å². The second kappa shape index (κ2) is 3.50. The molecule has 4 saturated carbocycles. The molecule has 0 spiro atoms. The van der Waals surface area contributed by atoms with Crippen molar-refractivity contribution in [3.8, 4) is 6.07 Å². The number of hydrogen-bond acceptors (Lipinski definition) is 2. The number of hydrogen-bond donors (Lipinski definition) is 2. The second-order valence-electron chi connectivity index (χ2n) is 6.44. The van der Waals surface area contributed by atoms with Gasteiger partial charge in [-0.25, -0.2) is 0 Å². The van der Waals surface area contributed by atoms with Crippen molar-refractivity contribution in [2.75, 3.05) is 0 Å². The van der Waals surface area contributed by atoms with Crippen molar-refractivity contribution in [3.63, 3.8) is 0 Å². The van der Waals surface area contributed by atoms with E-state index in [0.29, 0.717) is 23.3 Å². The van der Waals surface area contributed by atoms with Gasteiger partial charge in [0.2, 0.25) is 0 Å². The summed E-state index contributed by atoms with van der Waals surface area (Å²) in [7, 11) is 0. The summed E-state index contributed by atoms with van der Waals surface area (Å²) in [6, 6.07) is 2.08. The van der Waals surface area contributed by atoms with Crippen LogP contribution in [-0.4, -0.2) is 10.2 Å². The van der Waals surface area contributed by atoms with Crippen LogP contribution in [0.25, 0.3) is 0 Å². The first-order valence-electron chi connectivity index (χ1n) is 6.97. The fourth-order valence-corrected chi connectivity index (χ4v) is 5.13. The van der Waals surface area contributed by atoms with Crippen molar-refractivity contribution in [2.24, 2.45) is 23.7 Å². The third-order valence-corrected chi connectivity index (χ3v) is 5.48. The van der Waals surface area contributed by atoms with Crippen LogP contribution in [0.5, 0.6) is 0 Å². The zero-order valence-electron chi connectivity index (χ0n) is 10.3.